The van der Waals surface area contributed by atoms with Gasteiger partial charge >= 0.3 is 5.97 Å². The minimum Gasteiger partial charge on any atom is -0.482 e. The van der Waals surface area contributed by atoms with Crippen molar-refractivity contribution in [2.75, 3.05) is 13.2 Å². The van der Waals surface area contributed by atoms with Gasteiger partial charge in [0.25, 0.3) is 5.91 Å². The van der Waals surface area contributed by atoms with Crippen molar-refractivity contribution in [2.24, 2.45) is 11.1 Å². The van der Waals surface area contributed by atoms with Crippen LogP contribution < -0.4 is 15.8 Å². The summed E-state index contributed by atoms with van der Waals surface area (Å²) in [5.41, 5.74) is 5.16. The van der Waals surface area contributed by atoms with Gasteiger partial charge in [-0.25, -0.2) is 4.79 Å². The molecule has 0 bridgehead atoms. The van der Waals surface area contributed by atoms with Crippen molar-refractivity contribution >= 4 is 17.8 Å². The van der Waals surface area contributed by atoms with E-state index in [1.165, 1.54) is 6.07 Å². The summed E-state index contributed by atoms with van der Waals surface area (Å²) in [6.45, 7) is -0.267. The molecule has 1 aromatic carbocycles. The molecule has 2 rings (SSSR count). The quantitative estimate of drug-likeness (QED) is 0.690. The van der Waals surface area contributed by atoms with E-state index in [1.807, 2.05) is 0 Å². The van der Waals surface area contributed by atoms with Crippen LogP contribution in [0.3, 0.4) is 0 Å². The Morgan fingerprint density at radius 3 is 2.57 bits per heavy atom. The highest BCUT2D eigenvalue weighted by atomic mass is 16.5. The normalized spacial score (nSPS) is 15.8. The predicted octanol–water partition coefficient (Wildman–Crippen LogP) is 0.925. The maximum absolute atomic E-state index is 12.2. The molecule has 0 heterocycles. The highest BCUT2D eigenvalue weighted by molar-refractivity contribution is 5.95. The standard InChI is InChI=1S/C16H20N2O5/c17-15(22)16(6-1-2-7-16)10-18-14(21)11-4-3-5-12(8-11)23-9-13(19)20/h3-5,8H,1-2,6-7,9-10H2,(H2,17,22)(H,18,21)(H,19,20). The second kappa shape index (κ2) is 7.13. The number of nitrogens with one attached hydrogen (secondary N) is 1. The van der Waals surface area contributed by atoms with E-state index in [9.17, 15) is 14.4 Å². The van der Waals surface area contributed by atoms with E-state index < -0.39 is 18.0 Å². The van der Waals surface area contributed by atoms with E-state index in [0.29, 0.717) is 24.2 Å². The summed E-state index contributed by atoms with van der Waals surface area (Å²) in [7, 11) is 0. The van der Waals surface area contributed by atoms with Crippen LogP contribution >= 0.6 is 0 Å². The van der Waals surface area contributed by atoms with E-state index in [-0.39, 0.29) is 18.4 Å². The van der Waals surface area contributed by atoms with Crippen molar-refractivity contribution in [1.29, 1.82) is 0 Å². The van der Waals surface area contributed by atoms with Gasteiger partial charge < -0.3 is 20.9 Å². The molecule has 1 aromatic rings. The number of carbonyl (C=O) groups is 3. The van der Waals surface area contributed by atoms with Crippen LogP contribution in [-0.4, -0.2) is 36.0 Å². The molecular weight excluding hydrogens is 300 g/mol. The van der Waals surface area contributed by atoms with Gasteiger partial charge in [-0.2, -0.15) is 0 Å². The van der Waals surface area contributed by atoms with Gasteiger partial charge in [-0.05, 0) is 31.0 Å². The third kappa shape index (κ3) is 4.21. The SMILES string of the molecule is NC(=O)C1(CNC(=O)c2cccc(OCC(=O)O)c2)CCCC1. The molecule has 0 unspecified atom stereocenters. The summed E-state index contributed by atoms with van der Waals surface area (Å²) >= 11 is 0. The average molecular weight is 320 g/mol. The minimum atomic E-state index is -1.09. The third-order valence-electron chi connectivity index (χ3n) is 4.13. The second-order valence-electron chi connectivity index (χ2n) is 5.74. The Kier molecular flexibility index (Phi) is 5.20. The lowest BCUT2D eigenvalue weighted by molar-refractivity contribution is -0.139. The molecule has 2 amide bonds. The lowest BCUT2D eigenvalue weighted by atomic mass is 9.85. The van der Waals surface area contributed by atoms with E-state index >= 15 is 0 Å². The fraction of sp³-hybridized carbons (Fsp3) is 0.438. The third-order valence-corrected chi connectivity index (χ3v) is 4.13. The first-order valence-electron chi connectivity index (χ1n) is 7.46. The Hall–Kier alpha value is -2.57. The van der Waals surface area contributed by atoms with Crippen LogP contribution in [0.1, 0.15) is 36.0 Å². The monoisotopic (exact) mass is 320 g/mol. The van der Waals surface area contributed by atoms with E-state index in [0.717, 1.165) is 12.8 Å². The zero-order valence-electron chi connectivity index (χ0n) is 12.7. The Morgan fingerprint density at radius 1 is 1.26 bits per heavy atom. The maximum atomic E-state index is 12.2. The second-order valence-corrected chi connectivity index (χ2v) is 5.74. The van der Waals surface area contributed by atoms with Crippen LogP contribution in [0.4, 0.5) is 0 Å². The molecule has 124 valence electrons. The Bertz CT molecular complexity index is 608. The van der Waals surface area contributed by atoms with Crippen molar-refractivity contribution < 1.29 is 24.2 Å². The molecule has 7 nitrogen and oxygen atoms in total. The number of rotatable bonds is 7. The minimum absolute atomic E-state index is 0.210. The van der Waals surface area contributed by atoms with Crippen molar-refractivity contribution in [3.63, 3.8) is 0 Å². The number of carbonyl (C=O) groups excluding carboxylic acids is 2. The Balaban J connectivity index is 1.99. The van der Waals surface area contributed by atoms with Gasteiger partial charge in [0.1, 0.15) is 5.75 Å². The number of hydrogen-bond acceptors (Lipinski definition) is 4. The van der Waals surface area contributed by atoms with Crippen LogP contribution in [-0.2, 0) is 9.59 Å². The summed E-state index contributed by atoms with van der Waals surface area (Å²) < 4.78 is 5.04. The topological polar surface area (TPSA) is 119 Å². The van der Waals surface area contributed by atoms with Gasteiger partial charge in [-0.15, -0.1) is 0 Å². The number of amides is 2. The van der Waals surface area contributed by atoms with Crippen LogP contribution in [0.25, 0.3) is 0 Å². The van der Waals surface area contributed by atoms with Crippen LogP contribution in [0.5, 0.6) is 5.75 Å². The van der Waals surface area contributed by atoms with E-state index in [1.54, 1.807) is 18.2 Å². The number of hydrogen-bond donors (Lipinski definition) is 3. The van der Waals surface area contributed by atoms with E-state index in [4.69, 9.17) is 15.6 Å². The molecule has 0 atom stereocenters. The molecule has 1 saturated carbocycles. The zero-order chi connectivity index (χ0) is 16.9. The van der Waals surface area contributed by atoms with Crippen molar-refractivity contribution in [2.45, 2.75) is 25.7 Å². The fourth-order valence-electron chi connectivity index (χ4n) is 2.79. The van der Waals surface area contributed by atoms with Crippen molar-refractivity contribution in [3.05, 3.63) is 29.8 Å². The number of carboxylic acid groups (broad SMARTS) is 1. The number of primary amides is 1. The number of benzene rings is 1. The van der Waals surface area contributed by atoms with Crippen molar-refractivity contribution in [1.82, 2.24) is 5.32 Å². The Morgan fingerprint density at radius 2 is 1.96 bits per heavy atom. The number of aliphatic carboxylic acids is 1. The lowest BCUT2D eigenvalue weighted by Crippen LogP contribution is -2.44. The maximum Gasteiger partial charge on any atom is 0.341 e. The molecular formula is C16H20N2O5. The van der Waals surface area contributed by atoms with Gasteiger partial charge in [-0.1, -0.05) is 18.9 Å². The van der Waals surface area contributed by atoms with Crippen molar-refractivity contribution in [3.8, 4) is 5.75 Å². The highest BCUT2D eigenvalue weighted by Gasteiger charge is 2.39. The lowest BCUT2D eigenvalue weighted by Gasteiger charge is -2.25. The van der Waals surface area contributed by atoms with Crippen LogP contribution in [0.15, 0.2) is 24.3 Å². The summed E-state index contributed by atoms with van der Waals surface area (Å²) in [6, 6.07) is 6.23. The molecule has 0 aromatic heterocycles. The molecule has 4 N–H and O–H groups in total. The summed E-state index contributed by atoms with van der Waals surface area (Å²) in [5.74, 6) is -1.53. The molecule has 7 heteroatoms. The van der Waals surface area contributed by atoms with Gasteiger partial charge in [0.2, 0.25) is 5.91 Å². The first-order chi connectivity index (χ1) is 10.9. The molecule has 1 fully saturated rings. The largest absolute Gasteiger partial charge is 0.482 e. The molecule has 1 aliphatic carbocycles. The first kappa shape index (κ1) is 16.8. The Labute approximate surface area is 133 Å². The number of nitrogens with two attached hydrogens (primary N) is 1. The van der Waals surface area contributed by atoms with Gasteiger partial charge in [0.15, 0.2) is 6.61 Å². The fourth-order valence-corrected chi connectivity index (χ4v) is 2.79. The summed E-state index contributed by atoms with van der Waals surface area (Å²) in [4.78, 5) is 34.4. The van der Waals surface area contributed by atoms with Gasteiger partial charge in [0, 0.05) is 12.1 Å². The molecule has 0 radical (unpaired) electrons. The van der Waals surface area contributed by atoms with Gasteiger partial charge in [-0.3, -0.25) is 9.59 Å². The first-order valence-corrected chi connectivity index (χ1v) is 7.46. The average Bonchev–Trinajstić information content (AvgIpc) is 3.01. The predicted molar refractivity (Wildman–Crippen MR) is 82.0 cm³/mol. The van der Waals surface area contributed by atoms with Gasteiger partial charge in [0.05, 0.1) is 5.41 Å². The molecule has 0 saturated heterocycles. The molecule has 0 aliphatic heterocycles. The number of ether oxygens (including phenoxy) is 1. The summed E-state index contributed by atoms with van der Waals surface area (Å²) in [5, 5.41) is 11.3. The molecule has 23 heavy (non-hydrogen) atoms. The molecule has 0 spiro atoms. The smallest absolute Gasteiger partial charge is 0.341 e. The van der Waals surface area contributed by atoms with Crippen LogP contribution in [0.2, 0.25) is 0 Å². The van der Waals surface area contributed by atoms with Crippen LogP contribution in [0, 0.1) is 5.41 Å². The highest BCUT2D eigenvalue weighted by Crippen LogP contribution is 2.37. The summed E-state index contributed by atoms with van der Waals surface area (Å²) in [6.07, 6.45) is 3.23. The number of carboxylic acids is 1. The zero-order valence-corrected chi connectivity index (χ0v) is 12.7. The van der Waals surface area contributed by atoms with E-state index in [2.05, 4.69) is 5.32 Å². The molecule has 1 aliphatic rings.